The number of hydrogen-bond acceptors (Lipinski definition) is 27. The molecule has 0 spiro atoms. The van der Waals surface area contributed by atoms with Crippen molar-refractivity contribution in [1.29, 1.82) is 0 Å². The highest BCUT2D eigenvalue weighted by molar-refractivity contribution is 6.32. The maximum atomic E-state index is 16.5. The van der Waals surface area contributed by atoms with Crippen molar-refractivity contribution in [2.75, 3.05) is 59.4 Å². The van der Waals surface area contributed by atoms with Gasteiger partial charge in [-0.2, -0.15) is 0 Å². The average molecular weight is 1700 g/mol. The summed E-state index contributed by atoms with van der Waals surface area (Å²) in [4.78, 5) is 138. The largest absolute Gasteiger partial charge is 0.508 e. The van der Waals surface area contributed by atoms with Crippen molar-refractivity contribution in [2.24, 2.45) is 29.6 Å². The van der Waals surface area contributed by atoms with Gasteiger partial charge in [0.2, 0.25) is 59.3 Å². The molecule has 1 saturated heterocycles. The number of carbonyl (C=O) groups is 9. The minimum absolute atomic E-state index is 0.0600. The third-order valence-electron chi connectivity index (χ3n) is 22.6. The van der Waals surface area contributed by atoms with Gasteiger partial charge in [0.25, 0.3) is 0 Å². The van der Waals surface area contributed by atoms with Gasteiger partial charge in [-0.25, -0.2) is 4.79 Å². The first-order chi connectivity index (χ1) is 57.4. The Kier molecular flexibility index (Phi) is 27.1. The molecule has 10 aliphatic rings. The number of carbonyl (C=O) groups excluding carboxylic acids is 9. The molecule has 6 heterocycles. The average Bonchev–Trinajstić information content (AvgIpc) is 0.753. The summed E-state index contributed by atoms with van der Waals surface area (Å²) in [6, 6.07) is 2.82. The molecule has 10 amide bonds. The molecule has 15 bridgehead atoms. The molecule has 6 aliphatic heterocycles. The molecule has 38 heteroatoms. The lowest BCUT2D eigenvalue weighted by molar-refractivity contribution is -0.277. The Labute approximate surface area is 697 Å². The highest BCUT2D eigenvalue weighted by Gasteiger charge is 2.51. The Bertz CT molecular complexity index is 4880. The van der Waals surface area contributed by atoms with Crippen LogP contribution >= 0.6 is 23.2 Å². The molecule has 0 radical (unpaired) electrons. The van der Waals surface area contributed by atoms with E-state index in [2.05, 4.69) is 63.8 Å². The van der Waals surface area contributed by atoms with Gasteiger partial charge in [0.15, 0.2) is 23.0 Å². The number of anilines is 1. The van der Waals surface area contributed by atoms with Crippen LogP contribution in [0.1, 0.15) is 117 Å². The van der Waals surface area contributed by atoms with Crippen LogP contribution in [0.4, 0.5) is 10.5 Å². The molecule has 4 aliphatic carbocycles. The maximum absolute atomic E-state index is 16.5. The van der Waals surface area contributed by atoms with Crippen LogP contribution in [0.15, 0.2) is 97.1 Å². The number of rotatable bonds is 21. The number of phenolic OH excluding ortho intramolecular Hbond substituents is 3. The SMILES string of the molecule is CNCCOc1ccc(NC(=O)NC(=O)C[C@@H]2NC(=O)[C@H](NC(=O)[C@@H](CC(C)C)NC)[C@H](O)c3ccc(c(Cl)c3)Oc3cc4cc(c3O[C@@H]3O[C@H](CO)[C@@H](O)[C@H](O)[C@H]3O)Oc3ccc(cc3Cl)[C@@H](O)[C@@H]3NC(=O)[C@H](NC(=O)[C@@H]4NC2=O)c2ccc(O)c(c2)-c2c(O)cc(O)cc2[C@@H](C(=O)NC2C4CC5CC(C4)CC2C5)NC3=O)cc1OCCNC. The van der Waals surface area contributed by atoms with Crippen molar-refractivity contribution in [3.8, 4) is 68.6 Å². The number of nitrogens with one attached hydrogen (secondary N) is 12. The topological polar surface area (TPSA) is 535 Å². The van der Waals surface area contributed by atoms with E-state index in [0.717, 1.165) is 92.8 Å². The number of ether oxygens (including phenoxy) is 6. The summed E-state index contributed by atoms with van der Waals surface area (Å²) in [5.41, 5.74) is -2.21. The Morgan fingerprint density at radius 3 is 1.82 bits per heavy atom. The van der Waals surface area contributed by atoms with Crippen molar-refractivity contribution in [3.05, 3.63) is 135 Å². The van der Waals surface area contributed by atoms with Crippen LogP contribution in [0.3, 0.4) is 0 Å². The maximum Gasteiger partial charge on any atom is 0.325 e. The van der Waals surface area contributed by atoms with Gasteiger partial charge < -0.3 is 133 Å². The lowest BCUT2D eigenvalue weighted by Gasteiger charge is -2.54. The van der Waals surface area contributed by atoms with Crippen LogP contribution in [0, 0.1) is 29.6 Å². The van der Waals surface area contributed by atoms with E-state index in [0.29, 0.717) is 30.7 Å². The number of amides is 10. The summed E-state index contributed by atoms with van der Waals surface area (Å²) in [5.74, 6) is -13.3. The third kappa shape index (κ3) is 19.1. The number of aromatic hydroxyl groups is 3. The second kappa shape index (κ2) is 37.4. The molecule has 16 rings (SSSR count). The van der Waals surface area contributed by atoms with E-state index >= 15 is 28.8 Å². The van der Waals surface area contributed by atoms with Gasteiger partial charge in [0, 0.05) is 48.1 Å². The highest BCUT2D eigenvalue weighted by atomic mass is 35.5. The number of fused-ring (bicyclic) bond motifs is 15. The first-order valence-electron chi connectivity index (χ1n) is 39.3. The van der Waals surface area contributed by atoms with E-state index in [4.69, 9.17) is 51.6 Å². The van der Waals surface area contributed by atoms with Gasteiger partial charge in [0.05, 0.1) is 29.1 Å². The molecule has 6 aromatic carbocycles. The molecule has 14 atom stereocenters. The lowest BCUT2D eigenvalue weighted by atomic mass is 9.54. The quantitative estimate of drug-likeness (QED) is 0.0461. The zero-order valence-corrected chi connectivity index (χ0v) is 67.2. The Hall–Kier alpha value is -10.9. The van der Waals surface area contributed by atoms with Gasteiger partial charge in [-0.15, -0.1) is 0 Å². The number of likely N-dealkylation sites (N-methyl/N-ethyl adjacent to an activating group) is 3. The monoisotopic (exact) mass is 1700 g/mol. The zero-order chi connectivity index (χ0) is 85.8. The number of halogens is 2. The van der Waals surface area contributed by atoms with Crippen molar-refractivity contribution < 1.29 is 118 Å². The van der Waals surface area contributed by atoms with E-state index in [9.17, 15) is 60.3 Å². The molecule has 5 fully saturated rings. The van der Waals surface area contributed by atoms with Gasteiger partial charge in [0.1, 0.15) is 115 Å². The zero-order valence-electron chi connectivity index (χ0n) is 65.7. The number of phenols is 3. The summed E-state index contributed by atoms with van der Waals surface area (Å²) in [6.45, 7) is 3.89. The standard InChI is InChI=1S/C82H96Cl2N12O24/c1-34(2)18-49(87-5)74(107)95-66-68(102)38-7-11-53(47(83)25-38)117-57-27-42-28-58(73(57)120-81-72(106)71(105)70(104)59(33-97)119-81)118-54-12-8-39(26-48(54)84)69(103)67-80(113)94-65(78(111)91-62-40-20-35-19-36(22-40)23-41(62)21-35)46-30-44(98)31-52(100)61(46)45-24-37(6-10-51(45)99)63(76(109)96-67)93-77(110)64(42)92-75(108)50(89-79(66)112)32-60(101)90-82(114)88-43-9-13-55(115-16-14-85-3)56(29-43)116-17-15-86-4/h6-13,24-31,34-36,40-41,49-50,59,62-72,81,85-87,97-100,102-106H,14-23,32-33H2,1-5H3,(H,89,112)(H,91,111)(H,92,108)(H,93,110)(H,94,113)(H,95,107)(H,96,109)(H2,88,90,101,114)/t35?,36?,40?,41?,49-,50+,59-,62?,63-,64-,65+,66-,67+,68-,69-,70-,71+,72-,81+/m1/s1. The Morgan fingerprint density at radius 1 is 0.592 bits per heavy atom. The lowest BCUT2D eigenvalue weighted by Crippen LogP contribution is -2.60. The van der Waals surface area contributed by atoms with Gasteiger partial charge in [-0.1, -0.05) is 55.2 Å². The highest BCUT2D eigenvalue weighted by Crippen LogP contribution is 2.55. The van der Waals surface area contributed by atoms with E-state index in [1.807, 2.05) is 13.8 Å². The van der Waals surface area contributed by atoms with Crippen LogP contribution in [-0.4, -0.2) is 214 Å². The van der Waals surface area contributed by atoms with E-state index < -0.39 is 197 Å². The molecule has 120 heavy (non-hydrogen) atoms. The van der Waals surface area contributed by atoms with E-state index in [1.165, 1.54) is 43.4 Å². The van der Waals surface area contributed by atoms with Crippen LogP contribution in [0.2, 0.25) is 10.0 Å². The number of hydrogen-bond donors (Lipinski definition) is 21. The van der Waals surface area contributed by atoms with Crippen LogP contribution in [0.5, 0.6) is 57.5 Å². The van der Waals surface area contributed by atoms with E-state index in [-0.39, 0.29) is 105 Å². The van der Waals surface area contributed by atoms with Crippen LogP contribution < -0.4 is 87.5 Å². The molecule has 0 aromatic heterocycles. The fourth-order valence-electron chi connectivity index (χ4n) is 16.8. The fourth-order valence-corrected chi connectivity index (χ4v) is 17.3. The van der Waals surface area contributed by atoms with Crippen LogP contribution in [-0.2, 0) is 43.1 Å². The summed E-state index contributed by atoms with van der Waals surface area (Å²) in [7, 11) is 4.90. The third-order valence-corrected chi connectivity index (χ3v) is 23.2. The fraction of sp³-hybridized carbons (Fsp3) is 0.451. The molecule has 4 saturated carbocycles. The van der Waals surface area contributed by atoms with Crippen molar-refractivity contribution in [1.82, 2.24) is 58.5 Å². The number of aliphatic hydroxyl groups is 6. The second-order valence-corrected chi connectivity index (χ2v) is 32.2. The van der Waals surface area contributed by atoms with Crippen molar-refractivity contribution in [3.63, 3.8) is 0 Å². The Morgan fingerprint density at radius 2 is 1.20 bits per heavy atom. The van der Waals surface area contributed by atoms with Crippen molar-refractivity contribution >= 4 is 82.2 Å². The molecule has 642 valence electrons. The molecular formula is C82H96Cl2N12O24. The summed E-state index contributed by atoms with van der Waals surface area (Å²) in [6.07, 6.45) is -11.0. The molecule has 36 nitrogen and oxygen atoms in total. The Balaban J connectivity index is 0.980. The minimum atomic E-state index is -2.41. The number of imide groups is 1. The molecule has 0 unspecified atom stereocenters. The second-order valence-electron chi connectivity index (χ2n) is 31.4. The predicted octanol–water partition coefficient (Wildman–Crippen LogP) is 2.78. The number of aliphatic hydroxyl groups excluding tert-OH is 6. The van der Waals surface area contributed by atoms with Gasteiger partial charge in [-0.05, 0) is 184 Å². The van der Waals surface area contributed by atoms with Gasteiger partial charge in [-0.3, -0.25) is 43.7 Å². The predicted molar refractivity (Wildman–Crippen MR) is 427 cm³/mol. The normalized spacial score (nSPS) is 27.2. The number of benzene rings is 6. The van der Waals surface area contributed by atoms with Gasteiger partial charge >= 0.3 is 6.03 Å². The summed E-state index contributed by atoms with van der Waals surface area (Å²) in [5, 5.41) is 136. The van der Waals surface area contributed by atoms with Crippen molar-refractivity contribution in [2.45, 2.75) is 150 Å². The first-order valence-corrected chi connectivity index (χ1v) is 40.1. The van der Waals surface area contributed by atoms with E-state index in [1.54, 1.807) is 14.1 Å². The molecule has 6 aromatic rings. The number of urea groups is 1. The summed E-state index contributed by atoms with van der Waals surface area (Å²) < 4.78 is 37.3. The van der Waals surface area contributed by atoms with Crippen LogP contribution in [0.25, 0.3) is 11.1 Å². The first kappa shape index (κ1) is 87.0. The minimum Gasteiger partial charge on any atom is -0.508 e. The summed E-state index contributed by atoms with van der Waals surface area (Å²) >= 11 is 14.3. The molecular weight excluding hydrogens is 1610 g/mol. The smallest absolute Gasteiger partial charge is 0.325 e. The molecule has 21 N–H and O–H groups in total.